The van der Waals surface area contributed by atoms with E-state index in [1.807, 2.05) is 26.0 Å². The van der Waals surface area contributed by atoms with Crippen LogP contribution in [0.1, 0.15) is 37.7 Å². The lowest BCUT2D eigenvalue weighted by atomic mass is 9.86. The summed E-state index contributed by atoms with van der Waals surface area (Å²) in [4.78, 5) is 16.5. The van der Waals surface area contributed by atoms with E-state index in [4.69, 9.17) is 0 Å². The number of fused-ring (bicyclic) bond motifs is 2. The van der Waals surface area contributed by atoms with Crippen LogP contribution in [0.4, 0.5) is 5.69 Å². The molecule has 0 N–H and O–H groups in total. The van der Waals surface area contributed by atoms with Gasteiger partial charge in [-0.3, -0.25) is 4.79 Å². The van der Waals surface area contributed by atoms with Crippen LogP contribution < -0.4 is 4.90 Å². The van der Waals surface area contributed by atoms with Crippen molar-refractivity contribution in [3.8, 4) is 0 Å². The number of rotatable bonds is 5. The fraction of sp³-hybridized carbons (Fsp3) is 0.632. The Labute approximate surface area is 134 Å². The van der Waals surface area contributed by atoms with E-state index >= 15 is 0 Å². The average molecular weight is 300 g/mol. The monoisotopic (exact) mass is 300 g/mol. The lowest BCUT2D eigenvalue weighted by Crippen LogP contribution is -2.29. The van der Waals surface area contributed by atoms with Gasteiger partial charge < -0.3 is 9.80 Å². The third-order valence-electron chi connectivity index (χ3n) is 5.62. The number of nitrogens with zero attached hydrogens (tertiary/aromatic N) is 2. The zero-order valence-electron chi connectivity index (χ0n) is 14.1. The van der Waals surface area contributed by atoms with Crippen molar-refractivity contribution in [2.45, 2.75) is 38.6 Å². The van der Waals surface area contributed by atoms with E-state index in [0.29, 0.717) is 18.4 Å². The first-order valence-corrected chi connectivity index (χ1v) is 8.53. The van der Waals surface area contributed by atoms with Crippen LogP contribution in [-0.2, 0) is 11.3 Å². The zero-order valence-corrected chi connectivity index (χ0v) is 14.1. The molecule has 2 bridgehead atoms. The second kappa shape index (κ2) is 6.31. The molecule has 3 heteroatoms. The first kappa shape index (κ1) is 15.4. The maximum absolute atomic E-state index is 12.5. The van der Waals surface area contributed by atoms with Gasteiger partial charge in [-0.15, -0.1) is 0 Å². The van der Waals surface area contributed by atoms with E-state index in [9.17, 15) is 4.79 Å². The summed E-state index contributed by atoms with van der Waals surface area (Å²) in [5.74, 6) is 2.73. The highest BCUT2D eigenvalue weighted by Crippen LogP contribution is 2.49. The topological polar surface area (TPSA) is 23.6 Å². The van der Waals surface area contributed by atoms with Gasteiger partial charge in [0, 0.05) is 39.8 Å². The number of hydrogen-bond donors (Lipinski definition) is 0. The molecule has 2 saturated carbocycles. The molecular formula is C19H28N2O. The van der Waals surface area contributed by atoms with E-state index in [0.717, 1.165) is 18.3 Å². The largest absolute Gasteiger partial charge is 0.378 e. The van der Waals surface area contributed by atoms with Crippen molar-refractivity contribution in [1.82, 2.24) is 4.90 Å². The van der Waals surface area contributed by atoms with E-state index < -0.39 is 0 Å². The third kappa shape index (κ3) is 3.29. The number of amides is 1. The summed E-state index contributed by atoms with van der Waals surface area (Å²) < 4.78 is 0. The lowest BCUT2D eigenvalue weighted by Gasteiger charge is -2.24. The predicted molar refractivity (Wildman–Crippen MR) is 90.8 cm³/mol. The molecular weight excluding hydrogens is 272 g/mol. The van der Waals surface area contributed by atoms with Crippen molar-refractivity contribution in [3.63, 3.8) is 0 Å². The summed E-state index contributed by atoms with van der Waals surface area (Å²) in [5, 5.41) is 0. The summed E-state index contributed by atoms with van der Waals surface area (Å²) in [7, 11) is 6.02. The van der Waals surface area contributed by atoms with Gasteiger partial charge in [0.1, 0.15) is 0 Å². The number of anilines is 1. The van der Waals surface area contributed by atoms with Crippen molar-refractivity contribution in [2.24, 2.45) is 17.8 Å². The van der Waals surface area contributed by atoms with Crippen LogP contribution >= 0.6 is 0 Å². The molecule has 2 aliphatic carbocycles. The maximum atomic E-state index is 12.5. The first-order chi connectivity index (χ1) is 10.5. The Morgan fingerprint density at radius 2 is 1.82 bits per heavy atom. The van der Waals surface area contributed by atoms with Gasteiger partial charge in [-0.25, -0.2) is 0 Å². The summed E-state index contributed by atoms with van der Waals surface area (Å²) >= 11 is 0. The summed E-state index contributed by atoms with van der Waals surface area (Å²) in [5.41, 5.74) is 2.40. The van der Waals surface area contributed by atoms with Crippen molar-refractivity contribution < 1.29 is 4.79 Å². The molecule has 2 fully saturated rings. The molecule has 3 rings (SSSR count). The highest BCUT2D eigenvalue weighted by atomic mass is 16.2. The van der Waals surface area contributed by atoms with Crippen molar-refractivity contribution >= 4 is 11.6 Å². The number of benzene rings is 1. The smallest absolute Gasteiger partial charge is 0.222 e. The Kier molecular flexibility index (Phi) is 4.42. The molecule has 1 amide bonds. The van der Waals surface area contributed by atoms with Gasteiger partial charge >= 0.3 is 0 Å². The fourth-order valence-corrected chi connectivity index (χ4v) is 4.27. The molecule has 0 aromatic heterocycles. The Morgan fingerprint density at radius 3 is 2.36 bits per heavy atom. The van der Waals surface area contributed by atoms with Crippen LogP contribution in [0, 0.1) is 17.8 Å². The van der Waals surface area contributed by atoms with Crippen molar-refractivity contribution in [2.75, 3.05) is 26.0 Å². The predicted octanol–water partition coefficient (Wildman–Crippen LogP) is 3.54. The molecule has 1 aromatic rings. The van der Waals surface area contributed by atoms with Gasteiger partial charge in [0.15, 0.2) is 0 Å². The SMILES string of the molecule is CN(Cc1ccc(N(C)C)cc1)C(=O)CC1CC2CCC1C2. The minimum atomic E-state index is 0.314. The molecule has 1 aromatic carbocycles. The van der Waals surface area contributed by atoms with Gasteiger partial charge in [-0.2, -0.15) is 0 Å². The van der Waals surface area contributed by atoms with E-state index in [2.05, 4.69) is 29.2 Å². The van der Waals surface area contributed by atoms with Gasteiger partial charge in [0.25, 0.3) is 0 Å². The van der Waals surface area contributed by atoms with Gasteiger partial charge in [-0.1, -0.05) is 18.6 Å². The summed E-state index contributed by atoms with van der Waals surface area (Å²) in [6, 6.07) is 8.47. The minimum Gasteiger partial charge on any atom is -0.378 e. The molecule has 3 nitrogen and oxygen atoms in total. The molecule has 0 spiro atoms. The standard InChI is InChI=1S/C19H28N2O/c1-20(2)18-8-5-14(6-9-18)13-21(3)19(22)12-17-11-15-4-7-16(17)10-15/h5-6,8-9,15-17H,4,7,10-13H2,1-3H3. The van der Waals surface area contributed by atoms with Crippen LogP contribution in [0.15, 0.2) is 24.3 Å². The number of carbonyl (C=O) groups is 1. The molecule has 3 atom stereocenters. The highest BCUT2D eigenvalue weighted by Gasteiger charge is 2.40. The van der Waals surface area contributed by atoms with Gasteiger partial charge in [0.05, 0.1) is 0 Å². The Hall–Kier alpha value is -1.51. The fourth-order valence-electron chi connectivity index (χ4n) is 4.27. The Bertz CT molecular complexity index is 523. The van der Waals surface area contributed by atoms with Crippen LogP contribution in [0.5, 0.6) is 0 Å². The second-order valence-corrected chi connectivity index (χ2v) is 7.45. The van der Waals surface area contributed by atoms with Gasteiger partial charge in [0.2, 0.25) is 5.91 Å². The van der Waals surface area contributed by atoms with E-state index in [-0.39, 0.29) is 0 Å². The van der Waals surface area contributed by atoms with E-state index in [1.165, 1.54) is 36.9 Å². The lowest BCUT2D eigenvalue weighted by molar-refractivity contribution is -0.131. The molecule has 0 aliphatic heterocycles. The molecule has 0 saturated heterocycles. The Balaban J connectivity index is 1.52. The summed E-state index contributed by atoms with van der Waals surface area (Å²) in [6.45, 7) is 0.716. The van der Waals surface area contributed by atoms with E-state index in [1.54, 1.807) is 0 Å². The molecule has 0 heterocycles. The van der Waals surface area contributed by atoms with Crippen LogP contribution in [0.2, 0.25) is 0 Å². The molecule has 3 unspecified atom stereocenters. The molecule has 22 heavy (non-hydrogen) atoms. The average Bonchev–Trinajstić information content (AvgIpc) is 3.10. The maximum Gasteiger partial charge on any atom is 0.222 e. The van der Waals surface area contributed by atoms with Crippen LogP contribution in [-0.4, -0.2) is 32.0 Å². The first-order valence-electron chi connectivity index (χ1n) is 8.53. The molecule has 2 aliphatic rings. The van der Waals surface area contributed by atoms with Crippen LogP contribution in [0.25, 0.3) is 0 Å². The zero-order chi connectivity index (χ0) is 15.7. The minimum absolute atomic E-state index is 0.314. The number of hydrogen-bond acceptors (Lipinski definition) is 2. The third-order valence-corrected chi connectivity index (χ3v) is 5.62. The second-order valence-electron chi connectivity index (χ2n) is 7.45. The normalized spacial score (nSPS) is 26.2. The van der Waals surface area contributed by atoms with Gasteiger partial charge in [-0.05, 0) is 54.7 Å². The molecule has 120 valence electrons. The van der Waals surface area contributed by atoms with Crippen molar-refractivity contribution in [1.29, 1.82) is 0 Å². The molecule has 0 radical (unpaired) electrons. The van der Waals surface area contributed by atoms with Crippen molar-refractivity contribution in [3.05, 3.63) is 29.8 Å². The quantitative estimate of drug-likeness (QED) is 0.830. The number of carbonyl (C=O) groups excluding carboxylic acids is 1. The Morgan fingerprint density at radius 1 is 1.09 bits per heavy atom. The summed E-state index contributed by atoms with van der Waals surface area (Å²) in [6.07, 6.45) is 6.20. The highest BCUT2D eigenvalue weighted by molar-refractivity contribution is 5.76. The van der Waals surface area contributed by atoms with Crippen LogP contribution in [0.3, 0.4) is 0 Å².